The molecule has 1 unspecified atom stereocenters. The number of amides is 1. The van der Waals surface area contributed by atoms with Crippen molar-refractivity contribution in [3.05, 3.63) is 58.1 Å². The molecule has 146 valence electrons. The molecule has 0 aromatic heterocycles. The van der Waals surface area contributed by atoms with Crippen LogP contribution in [0.4, 0.5) is 0 Å². The van der Waals surface area contributed by atoms with Crippen LogP contribution in [0.5, 0.6) is 5.75 Å². The molecule has 0 bridgehead atoms. The summed E-state index contributed by atoms with van der Waals surface area (Å²) in [6, 6.07) is 11.4. The van der Waals surface area contributed by atoms with Gasteiger partial charge in [-0.05, 0) is 50.6 Å². The van der Waals surface area contributed by atoms with Gasteiger partial charge in [0, 0.05) is 16.1 Å². The molecule has 8 heteroatoms. The number of hydrogen-bond donors (Lipinski definition) is 2. The van der Waals surface area contributed by atoms with Gasteiger partial charge in [-0.1, -0.05) is 34.1 Å². The van der Waals surface area contributed by atoms with Crippen molar-refractivity contribution in [1.82, 2.24) is 10.0 Å². The fourth-order valence-electron chi connectivity index (χ4n) is 2.59. The van der Waals surface area contributed by atoms with Gasteiger partial charge in [-0.2, -0.15) is 0 Å². The quantitative estimate of drug-likeness (QED) is 0.668. The standard InChI is InChI=1S/C19H23BrN2O4S/c1-12(2)22-27(24,25)18-11-14(9-10-17(18)26-4)19(23)21-13(3)15-7-5-6-8-16(15)20/h5-13,22H,1-4H3,(H,21,23). The van der Waals surface area contributed by atoms with Crippen LogP contribution in [0.15, 0.2) is 51.8 Å². The first-order valence-electron chi connectivity index (χ1n) is 8.41. The zero-order chi connectivity index (χ0) is 20.2. The van der Waals surface area contributed by atoms with Crippen LogP contribution in [0.2, 0.25) is 0 Å². The summed E-state index contributed by atoms with van der Waals surface area (Å²) in [5, 5.41) is 2.89. The maximum atomic E-state index is 12.7. The van der Waals surface area contributed by atoms with Crippen LogP contribution >= 0.6 is 15.9 Å². The van der Waals surface area contributed by atoms with Crippen LogP contribution in [-0.2, 0) is 10.0 Å². The minimum atomic E-state index is -3.81. The normalized spacial score (nSPS) is 12.7. The summed E-state index contributed by atoms with van der Waals surface area (Å²) in [7, 11) is -2.42. The van der Waals surface area contributed by atoms with Crippen molar-refractivity contribution < 1.29 is 17.9 Å². The molecule has 1 amide bonds. The number of benzene rings is 2. The van der Waals surface area contributed by atoms with E-state index in [4.69, 9.17) is 4.74 Å². The monoisotopic (exact) mass is 454 g/mol. The predicted molar refractivity (Wildman–Crippen MR) is 108 cm³/mol. The first-order valence-corrected chi connectivity index (χ1v) is 10.7. The molecule has 2 N–H and O–H groups in total. The zero-order valence-electron chi connectivity index (χ0n) is 15.6. The van der Waals surface area contributed by atoms with Crippen LogP contribution in [0.1, 0.15) is 42.7 Å². The molecule has 0 aliphatic carbocycles. The molecule has 6 nitrogen and oxygen atoms in total. The minimum absolute atomic E-state index is 0.0695. The van der Waals surface area contributed by atoms with E-state index in [0.717, 1.165) is 10.0 Å². The van der Waals surface area contributed by atoms with Gasteiger partial charge in [0.2, 0.25) is 10.0 Å². The van der Waals surface area contributed by atoms with E-state index in [-0.39, 0.29) is 34.2 Å². The van der Waals surface area contributed by atoms with Gasteiger partial charge in [-0.25, -0.2) is 13.1 Å². The number of nitrogens with one attached hydrogen (secondary N) is 2. The van der Waals surface area contributed by atoms with Crippen LogP contribution in [0.3, 0.4) is 0 Å². The average Bonchev–Trinajstić information content (AvgIpc) is 2.60. The lowest BCUT2D eigenvalue weighted by Crippen LogP contribution is -2.31. The highest BCUT2D eigenvalue weighted by Crippen LogP contribution is 2.26. The summed E-state index contributed by atoms with van der Waals surface area (Å²) in [5.74, 6) is -0.194. The second-order valence-corrected chi connectivity index (χ2v) is 8.90. The number of hydrogen-bond acceptors (Lipinski definition) is 4. The Balaban J connectivity index is 2.32. The Morgan fingerprint density at radius 1 is 1.11 bits per heavy atom. The maximum absolute atomic E-state index is 12.7. The third-order valence-corrected chi connectivity index (χ3v) is 6.23. The van der Waals surface area contributed by atoms with Crippen molar-refractivity contribution in [3.63, 3.8) is 0 Å². The summed E-state index contributed by atoms with van der Waals surface area (Å²) in [6.07, 6.45) is 0. The molecule has 2 aromatic rings. The smallest absolute Gasteiger partial charge is 0.251 e. The van der Waals surface area contributed by atoms with Crippen molar-refractivity contribution in [1.29, 1.82) is 0 Å². The minimum Gasteiger partial charge on any atom is -0.495 e. The van der Waals surface area contributed by atoms with Crippen LogP contribution < -0.4 is 14.8 Å². The SMILES string of the molecule is COc1ccc(C(=O)NC(C)c2ccccc2Br)cc1S(=O)(=O)NC(C)C. The molecule has 0 saturated carbocycles. The van der Waals surface area contributed by atoms with E-state index in [1.165, 1.54) is 25.3 Å². The fourth-order valence-corrected chi connectivity index (χ4v) is 4.66. The first-order chi connectivity index (χ1) is 12.7. The molecule has 1 atom stereocenters. The van der Waals surface area contributed by atoms with Crippen LogP contribution in [0, 0.1) is 0 Å². The molecule has 0 aliphatic rings. The van der Waals surface area contributed by atoms with Gasteiger partial charge in [-0.15, -0.1) is 0 Å². The number of carbonyl (C=O) groups excluding carboxylic acids is 1. The molecule has 2 rings (SSSR count). The van der Waals surface area contributed by atoms with E-state index < -0.39 is 10.0 Å². The Bertz CT molecular complexity index is 929. The highest BCUT2D eigenvalue weighted by Gasteiger charge is 2.23. The second-order valence-electron chi connectivity index (χ2n) is 6.36. The zero-order valence-corrected chi connectivity index (χ0v) is 18.0. The van der Waals surface area contributed by atoms with Crippen molar-refractivity contribution in [2.24, 2.45) is 0 Å². The Morgan fingerprint density at radius 2 is 1.78 bits per heavy atom. The second kappa shape index (κ2) is 8.86. The highest BCUT2D eigenvalue weighted by molar-refractivity contribution is 9.10. The summed E-state index contributed by atoms with van der Waals surface area (Å²) >= 11 is 3.47. The molecule has 0 aliphatic heterocycles. The highest BCUT2D eigenvalue weighted by atomic mass is 79.9. The van der Waals surface area contributed by atoms with Gasteiger partial charge in [0.05, 0.1) is 13.2 Å². The van der Waals surface area contributed by atoms with Gasteiger partial charge in [0.15, 0.2) is 0 Å². The van der Waals surface area contributed by atoms with Crippen LogP contribution in [0.25, 0.3) is 0 Å². The molecular weight excluding hydrogens is 432 g/mol. The van der Waals surface area contributed by atoms with Crippen molar-refractivity contribution in [2.75, 3.05) is 7.11 Å². The van der Waals surface area contributed by atoms with E-state index in [9.17, 15) is 13.2 Å². The number of methoxy groups -OCH3 is 1. The van der Waals surface area contributed by atoms with E-state index in [1.807, 2.05) is 31.2 Å². The predicted octanol–water partition coefficient (Wildman–Crippen LogP) is 3.64. The third-order valence-electron chi connectivity index (χ3n) is 3.83. The van der Waals surface area contributed by atoms with Gasteiger partial charge in [0.1, 0.15) is 10.6 Å². The van der Waals surface area contributed by atoms with Gasteiger partial charge < -0.3 is 10.1 Å². The van der Waals surface area contributed by atoms with E-state index in [1.54, 1.807) is 13.8 Å². The van der Waals surface area contributed by atoms with Crippen molar-refractivity contribution >= 4 is 31.9 Å². The number of carbonyl (C=O) groups is 1. The van der Waals surface area contributed by atoms with E-state index in [0.29, 0.717) is 0 Å². The van der Waals surface area contributed by atoms with Gasteiger partial charge in [-0.3, -0.25) is 4.79 Å². The fraction of sp³-hybridized carbons (Fsp3) is 0.316. The van der Waals surface area contributed by atoms with Crippen LogP contribution in [-0.4, -0.2) is 27.5 Å². The molecule has 2 aromatic carbocycles. The lowest BCUT2D eigenvalue weighted by Gasteiger charge is -2.17. The largest absolute Gasteiger partial charge is 0.495 e. The Morgan fingerprint density at radius 3 is 2.37 bits per heavy atom. The molecule has 0 radical (unpaired) electrons. The summed E-state index contributed by atoms with van der Waals surface area (Å²) in [5.41, 5.74) is 1.16. The molecule has 0 spiro atoms. The average molecular weight is 455 g/mol. The van der Waals surface area contributed by atoms with Gasteiger partial charge in [0.25, 0.3) is 5.91 Å². The summed E-state index contributed by atoms with van der Waals surface area (Å²) < 4.78 is 33.7. The number of ether oxygens (including phenoxy) is 1. The molecular formula is C19H23BrN2O4S. The molecule has 27 heavy (non-hydrogen) atoms. The van der Waals surface area contributed by atoms with Crippen molar-refractivity contribution in [2.45, 2.75) is 37.8 Å². The Kier molecular flexibility index (Phi) is 7.02. The summed E-state index contributed by atoms with van der Waals surface area (Å²) in [4.78, 5) is 12.6. The topological polar surface area (TPSA) is 84.5 Å². The van der Waals surface area contributed by atoms with Gasteiger partial charge >= 0.3 is 0 Å². The molecule has 0 saturated heterocycles. The first kappa shape index (κ1) is 21.4. The summed E-state index contributed by atoms with van der Waals surface area (Å²) in [6.45, 7) is 5.31. The van der Waals surface area contributed by atoms with Crippen molar-refractivity contribution in [3.8, 4) is 5.75 Å². The third kappa shape index (κ3) is 5.31. The lowest BCUT2D eigenvalue weighted by atomic mass is 10.1. The lowest BCUT2D eigenvalue weighted by molar-refractivity contribution is 0.0939. The van der Waals surface area contributed by atoms with E-state index in [2.05, 4.69) is 26.0 Å². The number of rotatable bonds is 7. The molecule has 0 fully saturated rings. The Labute approximate surface area is 168 Å². The maximum Gasteiger partial charge on any atom is 0.251 e. The Hall–Kier alpha value is -1.90. The number of halogens is 1. The number of sulfonamides is 1. The van der Waals surface area contributed by atoms with E-state index >= 15 is 0 Å². The molecule has 0 heterocycles.